The average Bonchev–Trinajstić information content (AvgIpc) is 2.49. The molecule has 12 heavy (non-hydrogen) atoms. The molecule has 0 fully saturated rings. The van der Waals surface area contributed by atoms with Gasteiger partial charge in [-0.15, -0.1) is 0 Å². The predicted octanol–water partition coefficient (Wildman–Crippen LogP) is 2.52. The fraction of sp³-hybridized carbons (Fsp3) is 0.500. The molecule has 0 saturated heterocycles. The molecular weight excluding hydrogens is 152 g/mol. The summed E-state index contributed by atoms with van der Waals surface area (Å²) in [6.45, 7) is 0. The fourth-order valence-electron chi connectivity index (χ4n) is 1.31. The Labute approximate surface area is 72.6 Å². The van der Waals surface area contributed by atoms with E-state index in [1.807, 2.05) is 0 Å². The molecule has 1 aliphatic carbocycles. The van der Waals surface area contributed by atoms with Gasteiger partial charge in [0.1, 0.15) is 0 Å². The number of carboxylic acids is 1. The van der Waals surface area contributed by atoms with Crippen molar-refractivity contribution >= 4 is 5.97 Å². The number of carbonyl (C=O) groups is 1. The van der Waals surface area contributed by atoms with E-state index in [4.69, 9.17) is 5.11 Å². The van der Waals surface area contributed by atoms with Crippen molar-refractivity contribution in [2.24, 2.45) is 0 Å². The highest BCUT2D eigenvalue weighted by Crippen LogP contribution is 2.17. The second kappa shape index (κ2) is 4.75. The number of hydrogen-bond donors (Lipinski definition) is 1. The monoisotopic (exact) mass is 166 g/mol. The van der Waals surface area contributed by atoms with Gasteiger partial charge in [-0.2, -0.15) is 0 Å². The van der Waals surface area contributed by atoms with Gasteiger partial charge in [-0.3, -0.25) is 4.79 Å². The molecule has 0 bridgehead atoms. The zero-order valence-electron chi connectivity index (χ0n) is 7.12. The topological polar surface area (TPSA) is 37.3 Å². The molecule has 0 aliphatic heterocycles. The Morgan fingerprint density at radius 2 is 2.33 bits per heavy atom. The van der Waals surface area contributed by atoms with E-state index in [9.17, 15) is 4.79 Å². The maximum absolute atomic E-state index is 10.2. The molecule has 0 aromatic carbocycles. The summed E-state index contributed by atoms with van der Waals surface area (Å²) in [4.78, 5) is 10.2. The van der Waals surface area contributed by atoms with Gasteiger partial charge in [0, 0.05) is 6.42 Å². The third kappa shape index (κ3) is 3.37. The van der Waals surface area contributed by atoms with Crippen molar-refractivity contribution in [3.63, 3.8) is 0 Å². The quantitative estimate of drug-likeness (QED) is 0.637. The summed E-state index contributed by atoms with van der Waals surface area (Å²) in [5.74, 6) is -0.687. The Balaban J connectivity index is 1.99. The molecule has 0 aromatic heterocycles. The molecule has 0 spiro atoms. The SMILES string of the molecule is O=C(O)CCCCC1=CC=CC1. The maximum Gasteiger partial charge on any atom is 0.303 e. The maximum atomic E-state index is 10.2. The Hall–Kier alpha value is -1.05. The minimum absolute atomic E-state index is 0.306. The molecule has 0 unspecified atom stereocenters. The van der Waals surface area contributed by atoms with Crippen molar-refractivity contribution < 1.29 is 9.90 Å². The second-order valence-electron chi connectivity index (χ2n) is 3.06. The second-order valence-corrected chi connectivity index (χ2v) is 3.06. The summed E-state index contributed by atoms with van der Waals surface area (Å²) in [5.41, 5.74) is 1.43. The van der Waals surface area contributed by atoms with Crippen LogP contribution in [0.4, 0.5) is 0 Å². The highest BCUT2D eigenvalue weighted by atomic mass is 16.4. The van der Waals surface area contributed by atoms with Crippen LogP contribution in [0.15, 0.2) is 23.8 Å². The van der Waals surface area contributed by atoms with Crippen LogP contribution < -0.4 is 0 Å². The molecule has 1 N–H and O–H groups in total. The van der Waals surface area contributed by atoms with Gasteiger partial charge in [0.15, 0.2) is 0 Å². The van der Waals surface area contributed by atoms with E-state index in [0.29, 0.717) is 6.42 Å². The normalized spacial score (nSPS) is 14.8. The average molecular weight is 166 g/mol. The van der Waals surface area contributed by atoms with Crippen molar-refractivity contribution in [3.8, 4) is 0 Å². The van der Waals surface area contributed by atoms with Crippen molar-refractivity contribution in [3.05, 3.63) is 23.8 Å². The van der Waals surface area contributed by atoms with Crippen LogP contribution in [0.25, 0.3) is 0 Å². The van der Waals surface area contributed by atoms with Crippen LogP contribution in [-0.4, -0.2) is 11.1 Å². The predicted molar refractivity (Wildman–Crippen MR) is 47.9 cm³/mol. The molecule has 0 saturated carbocycles. The van der Waals surface area contributed by atoms with E-state index in [1.54, 1.807) is 0 Å². The van der Waals surface area contributed by atoms with Crippen molar-refractivity contribution in [2.75, 3.05) is 0 Å². The summed E-state index contributed by atoms with van der Waals surface area (Å²) in [6, 6.07) is 0. The number of allylic oxidation sites excluding steroid dienone is 4. The first-order chi connectivity index (χ1) is 5.79. The minimum atomic E-state index is -0.687. The van der Waals surface area contributed by atoms with Gasteiger partial charge in [0.05, 0.1) is 0 Å². The lowest BCUT2D eigenvalue weighted by Crippen LogP contribution is -1.93. The van der Waals surface area contributed by atoms with Gasteiger partial charge in [-0.1, -0.05) is 23.8 Å². The van der Waals surface area contributed by atoms with E-state index < -0.39 is 5.97 Å². The molecule has 2 nitrogen and oxygen atoms in total. The standard InChI is InChI=1S/C10H14O2/c11-10(12)8-4-3-7-9-5-1-2-6-9/h1-2,5H,3-4,6-8H2,(H,11,12). The summed E-state index contributed by atoms with van der Waals surface area (Å²) >= 11 is 0. The minimum Gasteiger partial charge on any atom is -0.481 e. The molecule has 1 aliphatic rings. The number of aliphatic carboxylic acids is 1. The molecule has 0 heterocycles. The lowest BCUT2D eigenvalue weighted by molar-refractivity contribution is -0.137. The molecular formula is C10H14O2. The number of hydrogen-bond acceptors (Lipinski definition) is 1. The van der Waals surface area contributed by atoms with Crippen LogP contribution in [0.1, 0.15) is 32.1 Å². The van der Waals surface area contributed by atoms with Gasteiger partial charge in [0.25, 0.3) is 0 Å². The number of unbranched alkanes of at least 4 members (excludes halogenated alkanes) is 1. The number of carboxylic acid groups (broad SMARTS) is 1. The van der Waals surface area contributed by atoms with Crippen molar-refractivity contribution in [1.82, 2.24) is 0 Å². The largest absolute Gasteiger partial charge is 0.481 e. The molecule has 0 atom stereocenters. The van der Waals surface area contributed by atoms with Crippen LogP contribution in [0, 0.1) is 0 Å². The molecule has 1 rings (SSSR count). The molecule has 0 aromatic rings. The zero-order chi connectivity index (χ0) is 8.81. The Morgan fingerprint density at radius 3 is 2.92 bits per heavy atom. The van der Waals surface area contributed by atoms with E-state index in [0.717, 1.165) is 25.7 Å². The van der Waals surface area contributed by atoms with Crippen molar-refractivity contribution in [1.29, 1.82) is 0 Å². The third-order valence-corrected chi connectivity index (χ3v) is 1.99. The summed E-state index contributed by atoms with van der Waals surface area (Å²) in [6.07, 6.45) is 10.5. The van der Waals surface area contributed by atoms with Gasteiger partial charge in [-0.05, 0) is 25.7 Å². The molecule has 2 heteroatoms. The van der Waals surface area contributed by atoms with Crippen LogP contribution >= 0.6 is 0 Å². The fourth-order valence-corrected chi connectivity index (χ4v) is 1.31. The summed E-state index contributed by atoms with van der Waals surface area (Å²) < 4.78 is 0. The first-order valence-corrected chi connectivity index (χ1v) is 4.35. The Morgan fingerprint density at radius 1 is 1.50 bits per heavy atom. The lowest BCUT2D eigenvalue weighted by Gasteiger charge is -1.99. The molecule has 0 radical (unpaired) electrons. The summed E-state index contributed by atoms with van der Waals surface area (Å²) in [5, 5.41) is 8.38. The third-order valence-electron chi connectivity index (χ3n) is 1.99. The Kier molecular flexibility index (Phi) is 3.58. The Bertz CT molecular complexity index is 214. The van der Waals surface area contributed by atoms with Crippen LogP contribution in [0.3, 0.4) is 0 Å². The van der Waals surface area contributed by atoms with Crippen LogP contribution in [0.2, 0.25) is 0 Å². The number of rotatable bonds is 5. The first-order valence-electron chi connectivity index (χ1n) is 4.35. The van der Waals surface area contributed by atoms with Gasteiger partial charge < -0.3 is 5.11 Å². The highest BCUT2D eigenvalue weighted by molar-refractivity contribution is 5.66. The van der Waals surface area contributed by atoms with Gasteiger partial charge in [0.2, 0.25) is 0 Å². The lowest BCUT2D eigenvalue weighted by atomic mass is 10.1. The highest BCUT2D eigenvalue weighted by Gasteiger charge is 2.00. The van der Waals surface area contributed by atoms with E-state index in [1.165, 1.54) is 5.57 Å². The molecule has 0 amide bonds. The zero-order valence-corrected chi connectivity index (χ0v) is 7.12. The molecule has 66 valence electrons. The van der Waals surface area contributed by atoms with Crippen LogP contribution in [0.5, 0.6) is 0 Å². The summed E-state index contributed by atoms with van der Waals surface area (Å²) in [7, 11) is 0. The smallest absolute Gasteiger partial charge is 0.303 e. The van der Waals surface area contributed by atoms with Crippen LogP contribution in [-0.2, 0) is 4.79 Å². The van der Waals surface area contributed by atoms with Gasteiger partial charge >= 0.3 is 5.97 Å². The van der Waals surface area contributed by atoms with E-state index in [2.05, 4.69) is 18.2 Å². The van der Waals surface area contributed by atoms with E-state index >= 15 is 0 Å². The van der Waals surface area contributed by atoms with Gasteiger partial charge in [-0.25, -0.2) is 0 Å². The van der Waals surface area contributed by atoms with Crippen molar-refractivity contribution in [2.45, 2.75) is 32.1 Å². The van der Waals surface area contributed by atoms with E-state index in [-0.39, 0.29) is 0 Å². The first kappa shape index (κ1) is 9.04.